The Morgan fingerprint density at radius 3 is 2.74 bits per heavy atom. The van der Waals surface area contributed by atoms with Crippen molar-refractivity contribution in [3.8, 4) is 0 Å². The van der Waals surface area contributed by atoms with E-state index in [1.165, 1.54) is 6.07 Å². The van der Waals surface area contributed by atoms with Gasteiger partial charge in [-0.25, -0.2) is 4.39 Å². The van der Waals surface area contributed by atoms with Crippen LogP contribution in [0.3, 0.4) is 0 Å². The number of likely N-dealkylation sites (N-methyl/N-ethyl adjacent to an activating group) is 1. The standard InChI is InChI=1S/C13H19BFNO3/c1-9-13(3-4-19-9)16(2)8-10-5-11(14(17)18)7-12(15)6-10/h5-7,9,13,17-18H,3-4,8H2,1-2H3. The quantitative estimate of drug-likeness (QED) is 0.760. The van der Waals surface area contributed by atoms with Crippen LogP contribution in [0.4, 0.5) is 4.39 Å². The SMILES string of the molecule is CC1OCCC1N(C)Cc1cc(F)cc(B(O)O)c1. The van der Waals surface area contributed by atoms with Crippen LogP contribution < -0.4 is 5.46 Å². The molecule has 0 aromatic heterocycles. The molecule has 2 rings (SSSR count). The van der Waals surface area contributed by atoms with Gasteiger partial charge in [-0.05, 0) is 43.6 Å². The van der Waals surface area contributed by atoms with Gasteiger partial charge in [0.2, 0.25) is 0 Å². The van der Waals surface area contributed by atoms with E-state index >= 15 is 0 Å². The molecular weight excluding hydrogens is 248 g/mol. The highest BCUT2D eigenvalue weighted by molar-refractivity contribution is 6.58. The van der Waals surface area contributed by atoms with Gasteiger partial charge in [-0.1, -0.05) is 6.07 Å². The Morgan fingerprint density at radius 1 is 1.42 bits per heavy atom. The van der Waals surface area contributed by atoms with Gasteiger partial charge in [0, 0.05) is 19.2 Å². The van der Waals surface area contributed by atoms with Crippen LogP contribution in [0.5, 0.6) is 0 Å². The Hall–Kier alpha value is -0.945. The molecule has 0 aliphatic carbocycles. The zero-order chi connectivity index (χ0) is 14.0. The number of halogens is 1. The maximum absolute atomic E-state index is 13.4. The maximum Gasteiger partial charge on any atom is 0.488 e. The molecular formula is C13H19BFNO3. The van der Waals surface area contributed by atoms with E-state index in [2.05, 4.69) is 4.90 Å². The Kier molecular flexibility index (Phi) is 4.57. The minimum atomic E-state index is -1.64. The molecule has 1 saturated heterocycles. The van der Waals surface area contributed by atoms with Gasteiger partial charge in [-0.2, -0.15) is 0 Å². The molecule has 1 aromatic rings. The second-order valence-corrected chi connectivity index (χ2v) is 5.11. The van der Waals surface area contributed by atoms with E-state index in [0.29, 0.717) is 12.6 Å². The molecule has 0 bridgehead atoms. The molecule has 0 spiro atoms. The van der Waals surface area contributed by atoms with Crippen molar-refractivity contribution in [3.05, 3.63) is 29.6 Å². The van der Waals surface area contributed by atoms with Crippen molar-refractivity contribution in [1.29, 1.82) is 0 Å². The lowest BCUT2D eigenvalue weighted by Gasteiger charge is -2.26. The fourth-order valence-corrected chi connectivity index (χ4v) is 2.62. The average Bonchev–Trinajstić information content (AvgIpc) is 2.74. The van der Waals surface area contributed by atoms with Gasteiger partial charge in [-0.15, -0.1) is 0 Å². The Balaban J connectivity index is 2.10. The molecule has 1 fully saturated rings. The topological polar surface area (TPSA) is 52.9 Å². The summed E-state index contributed by atoms with van der Waals surface area (Å²) in [6.45, 7) is 3.33. The Bertz CT molecular complexity index is 444. The Morgan fingerprint density at radius 2 is 2.16 bits per heavy atom. The van der Waals surface area contributed by atoms with Gasteiger partial charge >= 0.3 is 7.12 Å². The fraction of sp³-hybridized carbons (Fsp3) is 0.538. The lowest BCUT2D eigenvalue weighted by Crippen LogP contribution is -2.37. The maximum atomic E-state index is 13.4. The second kappa shape index (κ2) is 6.01. The summed E-state index contributed by atoms with van der Waals surface area (Å²) in [5.74, 6) is -0.454. The number of rotatable bonds is 4. The monoisotopic (exact) mass is 267 g/mol. The summed E-state index contributed by atoms with van der Waals surface area (Å²) in [6, 6.07) is 4.48. The molecule has 1 aliphatic heterocycles. The highest BCUT2D eigenvalue weighted by Gasteiger charge is 2.28. The van der Waals surface area contributed by atoms with E-state index in [1.54, 1.807) is 6.07 Å². The molecule has 0 radical (unpaired) electrons. The largest absolute Gasteiger partial charge is 0.488 e. The first-order chi connectivity index (χ1) is 8.97. The summed E-state index contributed by atoms with van der Waals surface area (Å²) in [5.41, 5.74) is 0.906. The molecule has 1 heterocycles. The van der Waals surface area contributed by atoms with Gasteiger partial charge in [0.25, 0.3) is 0 Å². The third-order valence-corrected chi connectivity index (χ3v) is 3.61. The van der Waals surface area contributed by atoms with E-state index in [9.17, 15) is 4.39 Å². The zero-order valence-corrected chi connectivity index (χ0v) is 11.2. The van der Waals surface area contributed by atoms with Crippen molar-refractivity contribution in [3.63, 3.8) is 0 Å². The summed E-state index contributed by atoms with van der Waals surface area (Å²) in [6.07, 6.45) is 1.13. The smallest absolute Gasteiger partial charge is 0.423 e. The van der Waals surface area contributed by atoms with Crippen molar-refractivity contribution in [2.45, 2.75) is 32.0 Å². The molecule has 0 amide bonds. The van der Waals surface area contributed by atoms with Crippen molar-refractivity contribution >= 4 is 12.6 Å². The van der Waals surface area contributed by atoms with Gasteiger partial charge in [-0.3, -0.25) is 4.90 Å². The lowest BCUT2D eigenvalue weighted by atomic mass is 9.79. The van der Waals surface area contributed by atoms with E-state index in [0.717, 1.165) is 24.7 Å². The van der Waals surface area contributed by atoms with Crippen molar-refractivity contribution in [1.82, 2.24) is 4.90 Å². The summed E-state index contributed by atoms with van der Waals surface area (Å²) in [7, 11) is 0.323. The number of hydrogen-bond donors (Lipinski definition) is 2. The van der Waals surface area contributed by atoms with Crippen molar-refractivity contribution < 1.29 is 19.2 Å². The van der Waals surface area contributed by atoms with Gasteiger partial charge < -0.3 is 14.8 Å². The number of benzene rings is 1. The first kappa shape index (κ1) is 14.5. The predicted octanol–water partition coefficient (Wildman–Crippen LogP) is 0.115. The summed E-state index contributed by atoms with van der Waals surface area (Å²) >= 11 is 0. The van der Waals surface area contributed by atoms with Crippen LogP contribution in [0.1, 0.15) is 18.9 Å². The highest BCUT2D eigenvalue weighted by atomic mass is 19.1. The molecule has 0 saturated carbocycles. The summed E-state index contributed by atoms with van der Waals surface area (Å²) in [4.78, 5) is 2.11. The minimum Gasteiger partial charge on any atom is -0.423 e. The van der Waals surface area contributed by atoms with Crippen LogP contribution in [0, 0.1) is 5.82 Å². The fourth-order valence-electron chi connectivity index (χ4n) is 2.62. The summed E-state index contributed by atoms with van der Waals surface area (Å²) in [5, 5.41) is 18.2. The van der Waals surface area contributed by atoms with Crippen LogP contribution in [0.2, 0.25) is 0 Å². The molecule has 2 N–H and O–H groups in total. The first-order valence-electron chi connectivity index (χ1n) is 6.44. The van der Waals surface area contributed by atoms with Crippen molar-refractivity contribution in [2.24, 2.45) is 0 Å². The van der Waals surface area contributed by atoms with E-state index in [-0.39, 0.29) is 11.6 Å². The van der Waals surface area contributed by atoms with Crippen LogP contribution in [-0.4, -0.2) is 47.9 Å². The Labute approximate surface area is 113 Å². The number of hydrogen-bond acceptors (Lipinski definition) is 4. The zero-order valence-electron chi connectivity index (χ0n) is 11.2. The molecule has 2 atom stereocenters. The van der Waals surface area contributed by atoms with E-state index in [4.69, 9.17) is 14.8 Å². The first-order valence-corrected chi connectivity index (χ1v) is 6.44. The number of ether oxygens (including phenoxy) is 1. The lowest BCUT2D eigenvalue weighted by molar-refractivity contribution is 0.0814. The van der Waals surface area contributed by atoms with Crippen molar-refractivity contribution in [2.75, 3.05) is 13.7 Å². The number of nitrogens with zero attached hydrogens (tertiary/aromatic N) is 1. The van der Waals surface area contributed by atoms with Gasteiger partial charge in [0.15, 0.2) is 0 Å². The third kappa shape index (κ3) is 3.54. The molecule has 1 aliphatic rings. The normalized spacial score (nSPS) is 23.1. The molecule has 4 nitrogen and oxygen atoms in total. The van der Waals surface area contributed by atoms with Crippen LogP contribution in [0.15, 0.2) is 18.2 Å². The van der Waals surface area contributed by atoms with Crippen LogP contribution in [-0.2, 0) is 11.3 Å². The molecule has 19 heavy (non-hydrogen) atoms. The second-order valence-electron chi connectivity index (χ2n) is 5.11. The summed E-state index contributed by atoms with van der Waals surface area (Å²) < 4.78 is 18.9. The molecule has 2 unspecified atom stereocenters. The molecule has 104 valence electrons. The highest BCUT2D eigenvalue weighted by Crippen LogP contribution is 2.20. The average molecular weight is 267 g/mol. The van der Waals surface area contributed by atoms with E-state index in [1.807, 2.05) is 14.0 Å². The molecule has 6 heteroatoms. The van der Waals surface area contributed by atoms with E-state index < -0.39 is 12.9 Å². The van der Waals surface area contributed by atoms with Gasteiger partial charge in [0.1, 0.15) is 5.82 Å². The third-order valence-electron chi connectivity index (χ3n) is 3.61. The predicted molar refractivity (Wildman–Crippen MR) is 71.5 cm³/mol. The molecule has 1 aromatic carbocycles. The minimum absolute atomic E-state index is 0.168. The van der Waals surface area contributed by atoms with Crippen LogP contribution >= 0.6 is 0 Å². The van der Waals surface area contributed by atoms with Crippen LogP contribution in [0.25, 0.3) is 0 Å². The van der Waals surface area contributed by atoms with Gasteiger partial charge in [0.05, 0.1) is 6.10 Å².